The third-order valence-electron chi connectivity index (χ3n) is 6.46. The van der Waals surface area contributed by atoms with Crippen LogP contribution in [0.1, 0.15) is 65.8 Å². The highest BCUT2D eigenvalue weighted by Crippen LogP contribution is 2.40. The third-order valence-corrected chi connectivity index (χ3v) is 7.65. The van der Waals surface area contributed by atoms with E-state index in [9.17, 15) is 4.79 Å². The molecule has 7 heteroatoms. The van der Waals surface area contributed by atoms with Crippen LogP contribution < -0.4 is 4.90 Å². The summed E-state index contributed by atoms with van der Waals surface area (Å²) < 4.78 is 5.30. The van der Waals surface area contributed by atoms with E-state index in [1.807, 2.05) is 16.2 Å². The number of furan rings is 1. The summed E-state index contributed by atoms with van der Waals surface area (Å²) in [5.41, 5.74) is 1.47. The van der Waals surface area contributed by atoms with Crippen LogP contribution in [0.3, 0.4) is 0 Å². The number of hydrogen-bond donors (Lipinski definition) is 0. The molecule has 3 aromatic heterocycles. The number of carbonyl (C=O) groups excluding carboxylic acids is 1. The van der Waals surface area contributed by atoms with Gasteiger partial charge in [-0.25, -0.2) is 9.97 Å². The van der Waals surface area contributed by atoms with Crippen molar-refractivity contribution in [2.24, 2.45) is 0 Å². The van der Waals surface area contributed by atoms with Crippen LogP contribution in [-0.4, -0.2) is 47.0 Å². The second kappa shape index (κ2) is 8.02. The number of fused-ring (bicyclic) bond motifs is 3. The van der Waals surface area contributed by atoms with E-state index in [2.05, 4.69) is 18.7 Å². The zero-order valence-corrected chi connectivity index (χ0v) is 18.5. The Morgan fingerprint density at radius 3 is 2.73 bits per heavy atom. The highest BCUT2D eigenvalue weighted by Gasteiger charge is 2.29. The van der Waals surface area contributed by atoms with Gasteiger partial charge in [0, 0.05) is 37.0 Å². The molecular formula is C23H28N4O2S. The van der Waals surface area contributed by atoms with Gasteiger partial charge in [0.1, 0.15) is 16.5 Å². The number of amides is 1. The molecule has 3 aromatic rings. The Labute approximate surface area is 180 Å². The van der Waals surface area contributed by atoms with E-state index in [-0.39, 0.29) is 5.91 Å². The summed E-state index contributed by atoms with van der Waals surface area (Å²) in [6.07, 6.45) is 7.40. The lowest BCUT2D eigenvalue weighted by molar-refractivity contribution is 0.0714. The number of aromatic nitrogens is 2. The van der Waals surface area contributed by atoms with Gasteiger partial charge in [-0.2, -0.15) is 0 Å². The first kappa shape index (κ1) is 19.5. The molecule has 6 nitrogen and oxygen atoms in total. The number of piperazine rings is 1. The molecule has 0 radical (unpaired) electrons. The lowest BCUT2D eigenvalue weighted by Gasteiger charge is -2.35. The van der Waals surface area contributed by atoms with Crippen LogP contribution in [-0.2, 0) is 12.8 Å². The summed E-state index contributed by atoms with van der Waals surface area (Å²) in [7, 11) is 0. The van der Waals surface area contributed by atoms with E-state index >= 15 is 0 Å². The number of hydrogen-bond acceptors (Lipinski definition) is 6. The van der Waals surface area contributed by atoms with Crippen molar-refractivity contribution in [3.05, 3.63) is 40.4 Å². The average molecular weight is 425 g/mol. The summed E-state index contributed by atoms with van der Waals surface area (Å²) in [5, 5.41) is 1.27. The van der Waals surface area contributed by atoms with Gasteiger partial charge in [-0.05, 0) is 49.8 Å². The monoisotopic (exact) mass is 424 g/mol. The van der Waals surface area contributed by atoms with Crippen molar-refractivity contribution in [2.45, 2.75) is 51.9 Å². The van der Waals surface area contributed by atoms with Gasteiger partial charge >= 0.3 is 0 Å². The minimum atomic E-state index is -0.0271. The number of rotatable bonds is 4. The SMILES string of the molecule is CC[C@@H](C)c1nc(N2CCN(C(=O)c3ccco3)CC2)c2c3c(sc2n1)CCCC3. The maximum Gasteiger partial charge on any atom is 0.289 e. The normalized spacial score (nSPS) is 17.9. The first-order valence-electron chi connectivity index (χ1n) is 11.1. The van der Waals surface area contributed by atoms with Gasteiger partial charge in [-0.1, -0.05) is 13.8 Å². The number of thiophene rings is 1. The van der Waals surface area contributed by atoms with E-state index in [4.69, 9.17) is 14.4 Å². The van der Waals surface area contributed by atoms with Gasteiger partial charge in [0.05, 0.1) is 11.6 Å². The van der Waals surface area contributed by atoms with Gasteiger partial charge in [0.15, 0.2) is 5.76 Å². The van der Waals surface area contributed by atoms with Crippen LogP contribution in [0.15, 0.2) is 22.8 Å². The number of anilines is 1. The van der Waals surface area contributed by atoms with Gasteiger partial charge in [0.25, 0.3) is 5.91 Å². The second-order valence-electron chi connectivity index (χ2n) is 8.36. The Morgan fingerprint density at radius 1 is 1.20 bits per heavy atom. The number of aryl methyl sites for hydroxylation is 2. The van der Waals surface area contributed by atoms with Gasteiger partial charge in [-0.3, -0.25) is 4.79 Å². The summed E-state index contributed by atoms with van der Waals surface area (Å²) >= 11 is 1.87. The topological polar surface area (TPSA) is 62.5 Å². The third kappa shape index (κ3) is 3.39. The summed E-state index contributed by atoms with van der Waals surface area (Å²) in [6.45, 7) is 7.31. The van der Waals surface area contributed by atoms with Crippen LogP contribution in [0.5, 0.6) is 0 Å². The lowest BCUT2D eigenvalue weighted by Crippen LogP contribution is -2.49. The first-order valence-corrected chi connectivity index (χ1v) is 11.9. The van der Waals surface area contributed by atoms with Crippen LogP contribution in [0.2, 0.25) is 0 Å². The lowest BCUT2D eigenvalue weighted by atomic mass is 9.96. The summed E-state index contributed by atoms with van der Waals surface area (Å²) in [5.74, 6) is 2.76. The Balaban J connectivity index is 1.47. The molecule has 5 rings (SSSR count). The quantitative estimate of drug-likeness (QED) is 0.611. The van der Waals surface area contributed by atoms with Crippen molar-refractivity contribution in [3.63, 3.8) is 0 Å². The molecule has 0 unspecified atom stereocenters. The maximum atomic E-state index is 12.6. The van der Waals surface area contributed by atoms with E-state index in [0.717, 1.165) is 42.4 Å². The van der Waals surface area contributed by atoms with Crippen LogP contribution in [0.25, 0.3) is 10.2 Å². The van der Waals surface area contributed by atoms with Crippen molar-refractivity contribution >= 4 is 33.3 Å². The Kier molecular flexibility index (Phi) is 5.23. The second-order valence-corrected chi connectivity index (χ2v) is 9.45. The standard InChI is InChI=1S/C23H28N4O2S/c1-3-15(2)20-24-21(19-16-7-4-5-9-18(16)30-22(19)25-20)26-10-12-27(13-11-26)23(28)17-8-6-14-29-17/h6,8,14-15H,3-5,7,9-13H2,1-2H3/t15-/m1/s1. The van der Waals surface area contributed by atoms with Gasteiger partial charge in [-0.15, -0.1) is 11.3 Å². The van der Waals surface area contributed by atoms with Crippen LogP contribution >= 0.6 is 11.3 Å². The molecule has 158 valence electrons. The molecule has 1 saturated heterocycles. The van der Waals surface area contributed by atoms with Crippen molar-refractivity contribution in [1.29, 1.82) is 0 Å². The molecule has 1 amide bonds. The fourth-order valence-electron chi connectivity index (χ4n) is 4.46. The molecule has 0 bridgehead atoms. The fraction of sp³-hybridized carbons (Fsp3) is 0.522. The molecule has 1 aliphatic heterocycles. The summed E-state index contributed by atoms with van der Waals surface area (Å²) in [4.78, 5) is 29.6. The largest absolute Gasteiger partial charge is 0.459 e. The molecule has 4 heterocycles. The highest BCUT2D eigenvalue weighted by molar-refractivity contribution is 7.19. The zero-order chi connectivity index (χ0) is 20.7. The Morgan fingerprint density at radius 2 is 2.00 bits per heavy atom. The smallest absolute Gasteiger partial charge is 0.289 e. The van der Waals surface area contributed by atoms with Crippen molar-refractivity contribution < 1.29 is 9.21 Å². The molecule has 30 heavy (non-hydrogen) atoms. The van der Waals surface area contributed by atoms with Gasteiger partial charge in [0.2, 0.25) is 0 Å². The average Bonchev–Trinajstić information content (AvgIpc) is 3.45. The Hall–Kier alpha value is -2.41. The molecule has 2 aliphatic rings. The van der Waals surface area contributed by atoms with Gasteiger partial charge < -0.3 is 14.2 Å². The van der Waals surface area contributed by atoms with Crippen LogP contribution in [0.4, 0.5) is 5.82 Å². The van der Waals surface area contributed by atoms with E-state index in [1.54, 1.807) is 18.4 Å². The minimum Gasteiger partial charge on any atom is -0.459 e. The van der Waals surface area contributed by atoms with Crippen molar-refractivity contribution in [2.75, 3.05) is 31.1 Å². The number of carbonyl (C=O) groups is 1. The number of nitrogens with zero attached hydrogens (tertiary/aromatic N) is 4. The van der Waals surface area contributed by atoms with E-state index < -0.39 is 0 Å². The minimum absolute atomic E-state index is 0.0271. The highest BCUT2D eigenvalue weighted by atomic mass is 32.1. The molecule has 0 aromatic carbocycles. The molecule has 0 spiro atoms. The molecule has 0 saturated carbocycles. The van der Waals surface area contributed by atoms with Crippen molar-refractivity contribution in [1.82, 2.24) is 14.9 Å². The van der Waals surface area contributed by atoms with Crippen LogP contribution in [0, 0.1) is 0 Å². The molecule has 1 atom stereocenters. The van der Waals surface area contributed by atoms with E-state index in [1.165, 1.54) is 35.1 Å². The molecular weight excluding hydrogens is 396 g/mol. The predicted molar refractivity (Wildman–Crippen MR) is 120 cm³/mol. The predicted octanol–water partition coefficient (Wildman–Crippen LogP) is 4.64. The molecule has 1 aliphatic carbocycles. The molecule has 0 N–H and O–H groups in total. The van der Waals surface area contributed by atoms with Crippen molar-refractivity contribution in [3.8, 4) is 0 Å². The Bertz CT molecular complexity index is 1050. The summed E-state index contributed by atoms with van der Waals surface area (Å²) in [6, 6.07) is 3.50. The fourth-order valence-corrected chi connectivity index (χ4v) is 5.73. The molecule has 1 fully saturated rings. The first-order chi connectivity index (χ1) is 14.7. The zero-order valence-electron chi connectivity index (χ0n) is 17.7. The maximum absolute atomic E-state index is 12.6. The van der Waals surface area contributed by atoms with E-state index in [0.29, 0.717) is 24.8 Å².